The van der Waals surface area contributed by atoms with Gasteiger partial charge < -0.3 is 40.5 Å². The summed E-state index contributed by atoms with van der Waals surface area (Å²) in [7, 11) is 0. The minimum absolute atomic E-state index is 0.0314. The number of hydrogen-bond acceptors (Lipinski definition) is 8. The monoisotopic (exact) mass is 384 g/mol. The van der Waals surface area contributed by atoms with E-state index in [2.05, 4.69) is 10.6 Å². The van der Waals surface area contributed by atoms with Crippen LogP contribution < -0.4 is 10.6 Å². The van der Waals surface area contributed by atoms with Crippen LogP contribution >= 0.6 is 0 Å². The molecule has 1 fully saturated rings. The first kappa shape index (κ1) is 21.1. The highest BCUT2D eigenvalue weighted by Crippen LogP contribution is 2.19. The number of amides is 2. The van der Waals surface area contributed by atoms with Crippen molar-refractivity contribution < 1.29 is 39.5 Å². The SMILES string of the molecule is C[C@@H](NC(=O)OCc1ccccc1)C(=O)N[C@H]1C(O)O[C@H](CO)[C@@H](O)[C@@H]1O. The van der Waals surface area contributed by atoms with Crippen LogP contribution in [0.25, 0.3) is 0 Å². The maximum Gasteiger partial charge on any atom is 0.408 e. The van der Waals surface area contributed by atoms with Gasteiger partial charge in [0.2, 0.25) is 5.91 Å². The summed E-state index contributed by atoms with van der Waals surface area (Å²) in [5.74, 6) is -0.729. The molecule has 0 spiro atoms. The van der Waals surface area contributed by atoms with Crippen LogP contribution in [-0.2, 0) is 20.9 Å². The molecule has 2 rings (SSSR count). The van der Waals surface area contributed by atoms with Crippen LogP contribution in [0.5, 0.6) is 0 Å². The van der Waals surface area contributed by atoms with Crippen LogP contribution in [-0.4, -0.2) is 75.7 Å². The Morgan fingerprint density at radius 2 is 1.85 bits per heavy atom. The first-order valence-corrected chi connectivity index (χ1v) is 8.41. The normalized spacial score (nSPS) is 28.9. The lowest BCUT2D eigenvalue weighted by Gasteiger charge is -2.40. The van der Waals surface area contributed by atoms with Gasteiger partial charge in [-0.1, -0.05) is 30.3 Å². The van der Waals surface area contributed by atoms with Gasteiger partial charge in [0.15, 0.2) is 6.29 Å². The van der Waals surface area contributed by atoms with Gasteiger partial charge in [0, 0.05) is 0 Å². The molecule has 0 bridgehead atoms. The highest BCUT2D eigenvalue weighted by atomic mass is 16.6. The Hall–Kier alpha value is -2.24. The first-order chi connectivity index (χ1) is 12.8. The maximum atomic E-state index is 12.2. The van der Waals surface area contributed by atoms with Crippen molar-refractivity contribution in [3.8, 4) is 0 Å². The molecule has 0 radical (unpaired) electrons. The lowest BCUT2D eigenvalue weighted by atomic mass is 9.97. The van der Waals surface area contributed by atoms with Gasteiger partial charge in [0.05, 0.1) is 6.61 Å². The molecule has 10 heteroatoms. The molecule has 1 aromatic rings. The number of aliphatic hydroxyl groups is 4. The smallest absolute Gasteiger partial charge is 0.408 e. The van der Waals surface area contributed by atoms with Gasteiger partial charge in [0.25, 0.3) is 0 Å². The van der Waals surface area contributed by atoms with Crippen molar-refractivity contribution in [2.45, 2.75) is 50.2 Å². The highest BCUT2D eigenvalue weighted by molar-refractivity contribution is 5.85. The van der Waals surface area contributed by atoms with E-state index in [0.717, 1.165) is 5.56 Å². The number of hydrogen-bond donors (Lipinski definition) is 6. The molecule has 0 aromatic heterocycles. The van der Waals surface area contributed by atoms with Crippen molar-refractivity contribution in [3.63, 3.8) is 0 Å². The third kappa shape index (κ3) is 5.62. The van der Waals surface area contributed by atoms with E-state index in [1.807, 2.05) is 6.07 Å². The van der Waals surface area contributed by atoms with Crippen LogP contribution in [0.3, 0.4) is 0 Å². The zero-order valence-electron chi connectivity index (χ0n) is 14.7. The Balaban J connectivity index is 1.83. The third-order valence-corrected chi connectivity index (χ3v) is 4.15. The molecule has 1 saturated heterocycles. The van der Waals surface area contributed by atoms with Gasteiger partial charge in [-0.3, -0.25) is 4.79 Å². The quantitative estimate of drug-likeness (QED) is 0.336. The van der Waals surface area contributed by atoms with Crippen LogP contribution in [0.15, 0.2) is 30.3 Å². The number of carbonyl (C=O) groups is 2. The van der Waals surface area contributed by atoms with Crippen molar-refractivity contribution in [1.82, 2.24) is 10.6 Å². The summed E-state index contributed by atoms with van der Waals surface area (Å²) in [6, 6.07) is 6.60. The molecular weight excluding hydrogens is 360 g/mol. The number of alkyl carbamates (subject to hydrolysis) is 1. The summed E-state index contributed by atoms with van der Waals surface area (Å²) in [6.45, 7) is 0.805. The van der Waals surface area contributed by atoms with Crippen LogP contribution in [0.4, 0.5) is 4.79 Å². The van der Waals surface area contributed by atoms with E-state index in [1.54, 1.807) is 24.3 Å². The van der Waals surface area contributed by atoms with E-state index >= 15 is 0 Å². The van der Waals surface area contributed by atoms with Crippen LogP contribution in [0.2, 0.25) is 0 Å². The van der Waals surface area contributed by atoms with Gasteiger partial charge in [-0.15, -0.1) is 0 Å². The number of rotatable bonds is 6. The Morgan fingerprint density at radius 3 is 2.48 bits per heavy atom. The molecule has 1 aliphatic heterocycles. The second-order valence-electron chi connectivity index (χ2n) is 6.19. The van der Waals surface area contributed by atoms with E-state index in [9.17, 15) is 24.9 Å². The largest absolute Gasteiger partial charge is 0.445 e. The second kappa shape index (κ2) is 9.62. The van der Waals surface area contributed by atoms with Crippen molar-refractivity contribution in [2.75, 3.05) is 6.61 Å². The molecule has 27 heavy (non-hydrogen) atoms. The van der Waals surface area contributed by atoms with Gasteiger partial charge in [-0.2, -0.15) is 0 Å². The van der Waals surface area contributed by atoms with Gasteiger partial charge in [0.1, 0.15) is 37.0 Å². The van der Waals surface area contributed by atoms with Crippen molar-refractivity contribution in [2.24, 2.45) is 0 Å². The number of aliphatic hydroxyl groups excluding tert-OH is 4. The fourth-order valence-electron chi connectivity index (χ4n) is 2.55. The summed E-state index contributed by atoms with van der Waals surface area (Å²) in [6.07, 6.45) is -6.69. The Kier molecular flexibility index (Phi) is 7.51. The molecule has 1 unspecified atom stereocenters. The van der Waals surface area contributed by atoms with Crippen LogP contribution in [0, 0.1) is 0 Å². The molecule has 1 aromatic carbocycles. The fraction of sp³-hybridized carbons (Fsp3) is 0.529. The van der Waals surface area contributed by atoms with E-state index in [0.29, 0.717) is 0 Å². The van der Waals surface area contributed by atoms with Crippen molar-refractivity contribution in [1.29, 1.82) is 0 Å². The zero-order chi connectivity index (χ0) is 20.0. The Labute approximate surface area is 155 Å². The average molecular weight is 384 g/mol. The predicted octanol–water partition coefficient (Wildman–Crippen LogP) is -1.78. The third-order valence-electron chi connectivity index (χ3n) is 4.15. The van der Waals surface area contributed by atoms with Crippen molar-refractivity contribution >= 4 is 12.0 Å². The fourth-order valence-corrected chi connectivity index (χ4v) is 2.55. The van der Waals surface area contributed by atoms with E-state index in [-0.39, 0.29) is 6.61 Å². The molecule has 6 atom stereocenters. The number of benzene rings is 1. The number of carbonyl (C=O) groups excluding carboxylic acids is 2. The summed E-state index contributed by atoms with van der Waals surface area (Å²) in [4.78, 5) is 24.0. The van der Waals surface area contributed by atoms with Gasteiger partial charge in [-0.05, 0) is 12.5 Å². The molecule has 6 N–H and O–H groups in total. The van der Waals surface area contributed by atoms with Gasteiger partial charge in [-0.25, -0.2) is 4.79 Å². The topological polar surface area (TPSA) is 158 Å². The average Bonchev–Trinajstić information content (AvgIpc) is 2.66. The minimum Gasteiger partial charge on any atom is -0.445 e. The minimum atomic E-state index is -1.64. The summed E-state index contributed by atoms with van der Waals surface area (Å²) < 4.78 is 9.95. The number of nitrogens with one attached hydrogen (secondary N) is 2. The lowest BCUT2D eigenvalue weighted by Crippen LogP contribution is -2.65. The molecule has 150 valence electrons. The predicted molar refractivity (Wildman–Crippen MR) is 91.1 cm³/mol. The van der Waals surface area contributed by atoms with Crippen molar-refractivity contribution in [3.05, 3.63) is 35.9 Å². The maximum absolute atomic E-state index is 12.2. The lowest BCUT2D eigenvalue weighted by molar-refractivity contribution is -0.253. The molecule has 0 saturated carbocycles. The molecule has 0 aliphatic carbocycles. The second-order valence-corrected chi connectivity index (χ2v) is 6.19. The summed E-state index contributed by atoms with van der Waals surface area (Å²) in [5.41, 5.74) is 0.780. The zero-order valence-corrected chi connectivity index (χ0v) is 14.7. The highest BCUT2D eigenvalue weighted by Gasteiger charge is 2.44. The molecule has 2 amide bonds. The van der Waals surface area contributed by atoms with Gasteiger partial charge >= 0.3 is 6.09 Å². The Morgan fingerprint density at radius 1 is 1.19 bits per heavy atom. The standard InChI is InChI=1S/C17H24N2O8/c1-9(18-17(25)26-8-10-5-3-2-4-6-10)15(23)19-12-14(22)13(21)11(7-20)27-16(12)24/h2-6,9,11-14,16,20-22,24H,7-8H2,1H3,(H,18,25)(H,19,23)/t9-,11-,12-,13-,14-,16?/m1/s1. The summed E-state index contributed by atoms with van der Waals surface area (Å²) >= 11 is 0. The van der Waals surface area contributed by atoms with Crippen LogP contribution in [0.1, 0.15) is 12.5 Å². The number of ether oxygens (including phenoxy) is 2. The molecule has 1 heterocycles. The molecular formula is C17H24N2O8. The van der Waals surface area contributed by atoms with E-state index in [4.69, 9.17) is 14.6 Å². The Bertz CT molecular complexity index is 629. The van der Waals surface area contributed by atoms with E-state index < -0.39 is 55.3 Å². The first-order valence-electron chi connectivity index (χ1n) is 8.41. The van der Waals surface area contributed by atoms with E-state index in [1.165, 1.54) is 6.92 Å². The molecule has 1 aliphatic rings. The summed E-state index contributed by atoms with van der Waals surface area (Å²) in [5, 5.41) is 43.3. The molecule has 10 nitrogen and oxygen atoms in total.